The first-order valence-corrected chi connectivity index (χ1v) is 7.85. The van der Waals surface area contributed by atoms with Crippen molar-refractivity contribution in [2.45, 2.75) is 52.4 Å². The molecule has 0 aromatic heterocycles. The zero-order valence-electron chi connectivity index (χ0n) is 14.5. The summed E-state index contributed by atoms with van der Waals surface area (Å²) in [6, 6.07) is 15.8. The van der Waals surface area contributed by atoms with Gasteiger partial charge in [0.15, 0.2) is 5.78 Å². The average molecular weight is 294 g/mol. The van der Waals surface area contributed by atoms with Crippen LogP contribution in [0.2, 0.25) is 0 Å². The molecule has 2 aromatic carbocycles. The van der Waals surface area contributed by atoms with Crippen LogP contribution < -0.4 is 0 Å². The Hall–Kier alpha value is -1.89. The zero-order chi connectivity index (χ0) is 16.5. The summed E-state index contributed by atoms with van der Waals surface area (Å²) in [6.07, 6.45) is 0. The van der Waals surface area contributed by atoms with Gasteiger partial charge in [-0.3, -0.25) is 4.79 Å². The zero-order valence-corrected chi connectivity index (χ0v) is 14.5. The molecule has 1 nitrogen and oxygen atoms in total. The van der Waals surface area contributed by atoms with Crippen LogP contribution in [0.25, 0.3) is 0 Å². The molecule has 0 heterocycles. The van der Waals surface area contributed by atoms with Gasteiger partial charge in [-0.25, -0.2) is 0 Å². The molecule has 0 spiro atoms. The summed E-state index contributed by atoms with van der Waals surface area (Å²) < 4.78 is 0. The Bertz CT molecular complexity index is 635. The van der Waals surface area contributed by atoms with Gasteiger partial charge in [-0.2, -0.15) is 0 Å². The first kappa shape index (κ1) is 16.5. The van der Waals surface area contributed by atoms with Crippen LogP contribution in [0.5, 0.6) is 0 Å². The van der Waals surface area contributed by atoms with Crippen LogP contribution in [-0.2, 0) is 10.8 Å². The molecule has 0 aliphatic heterocycles. The Morgan fingerprint density at radius 1 is 0.682 bits per heavy atom. The molecule has 0 fully saturated rings. The molecule has 0 saturated heterocycles. The fraction of sp³-hybridized carbons (Fsp3) is 0.381. The van der Waals surface area contributed by atoms with E-state index in [2.05, 4.69) is 47.6 Å². The minimum Gasteiger partial charge on any atom is -0.289 e. The van der Waals surface area contributed by atoms with E-state index in [0.717, 1.165) is 11.1 Å². The van der Waals surface area contributed by atoms with Crippen molar-refractivity contribution in [1.29, 1.82) is 0 Å². The predicted octanol–water partition coefficient (Wildman–Crippen LogP) is 5.51. The Labute approximate surface area is 134 Å². The van der Waals surface area contributed by atoms with Crippen LogP contribution in [0.4, 0.5) is 0 Å². The van der Waals surface area contributed by atoms with Crippen LogP contribution in [0.1, 0.15) is 68.6 Å². The van der Waals surface area contributed by atoms with Gasteiger partial charge in [0.25, 0.3) is 0 Å². The minimum atomic E-state index is 0.0208. The Morgan fingerprint density at radius 3 is 1.55 bits per heavy atom. The molecule has 1 heteroatoms. The van der Waals surface area contributed by atoms with Crippen molar-refractivity contribution in [3.05, 3.63) is 70.8 Å². The maximum atomic E-state index is 12.8. The summed E-state index contributed by atoms with van der Waals surface area (Å²) >= 11 is 0. The highest BCUT2D eigenvalue weighted by molar-refractivity contribution is 6.09. The van der Waals surface area contributed by atoms with Crippen molar-refractivity contribution >= 4 is 5.78 Å². The van der Waals surface area contributed by atoms with E-state index in [1.165, 1.54) is 11.1 Å². The highest BCUT2D eigenvalue weighted by Crippen LogP contribution is 2.31. The molecule has 0 bridgehead atoms. The van der Waals surface area contributed by atoms with E-state index in [4.69, 9.17) is 0 Å². The molecule has 0 unspecified atom stereocenters. The smallest absolute Gasteiger partial charge is 0.193 e. The van der Waals surface area contributed by atoms with E-state index in [9.17, 15) is 4.79 Å². The van der Waals surface area contributed by atoms with Crippen LogP contribution in [0.3, 0.4) is 0 Å². The number of rotatable bonds is 2. The highest BCUT2D eigenvalue weighted by atomic mass is 16.1. The number of hydrogen-bond acceptors (Lipinski definition) is 1. The van der Waals surface area contributed by atoms with E-state index in [1.54, 1.807) is 0 Å². The topological polar surface area (TPSA) is 17.1 Å². The van der Waals surface area contributed by atoms with Gasteiger partial charge in [-0.15, -0.1) is 0 Å². The monoisotopic (exact) mass is 294 g/mol. The van der Waals surface area contributed by atoms with E-state index < -0.39 is 0 Å². The molecule has 0 radical (unpaired) electrons. The number of benzene rings is 2. The summed E-state index contributed by atoms with van der Waals surface area (Å²) in [5, 5.41) is 0. The van der Waals surface area contributed by atoms with Gasteiger partial charge in [-0.1, -0.05) is 77.9 Å². The second-order valence-corrected chi connectivity index (χ2v) is 7.99. The maximum absolute atomic E-state index is 12.8. The second kappa shape index (κ2) is 5.72. The van der Waals surface area contributed by atoms with E-state index >= 15 is 0 Å². The molecule has 0 aliphatic carbocycles. The Balaban J connectivity index is 2.58. The largest absolute Gasteiger partial charge is 0.289 e. The van der Waals surface area contributed by atoms with Crippen molar-refractivity contribution in [2.24, 2.45) is 0 Å². The third-order valence-electron chi connectivity index (χ3n) is 3.96. The van der Waals surface area contributed by atoms with Gasteiger partial charge in [0.05, 0.1) is 0 Å². The normalized spacial score (nSPS) is 12.3. The first-order valence-electron chi connectivity index (χ1n) is 7.85. The average Bonchev–Trinajstić information content (AvgIpc) is 2.45. The summed E-state index contributed by atoms with van der Waals surface area (Å²) in [5.41, 5.74) is 3.98. The number of carbonyl (C=O) groups is 1. The van der Waals surface area contributed by atoms with Crippen molar-refractivity contribution in [3.8, 4) is 0 Å². The molecule has 0 N–H and O–H groups in total. The maximum Gasteiger partial charge on any atom is 0.193 e. The number of hydrogen-bond donors (Lipinski definition) is 0. The fourth-order valence-electron chi connectivity index (χ4n) is 2.38. The first-order chi connectivity index (χ1) is 10.1. The van der Waals surface area contributed by atoms with Crippen LogP contribution in [0, 0.1) is 0 Å². The van der Waals surface area contributed by atoms with Gasteiger partial charge in [0.2, 0.25) is 0 Å². The number of carbonyl (C=O) groups excluding carboxylic acids is 1. The lowest BCUT2D eigenvalue weighted by atomic mass is 9.79. The van der Waals surface area contributed by atoms with Crippen LogP contribution in [0.15, 0.2) is 48.5 Å². The van der Waals surface area contributed by atoms with E-state index in [0.29, 0.717) is 0 Å². The van der Waals surface area contributed by atoms with Crippen LogP contribution in [-0.4, -0.2) is 5.78 Å². The summed E-state index contributed by atoms with van der Waals surface area (Å²) in [4.78, 5) is 12.8. The van der Waals surface area contributed by atoms with Gasteiger partial charge in [0.1, 0.15) is 0 Å². The van der Waals surface area contributed by atoms with Crippen molar-refractivity contribution in [2.75, 3.05) is 0 Å². The predicted molar refractivity (Wildman–Crippen MR) is 93.7 cm³/mol. The lowest BCUT2D eigenvalue weighted by Crippen LogP contribution is -2.18. The fourth-order valence-corrected chi connectivity index (χ4v) is 2.38. The third-order valence-corrected chi connectivity index (χ3v) is 3.96. The van der Waals surface area contributed by atoms with Gasteiger partial charge in [-0.05, 0) is 34.1 Å². The molecule has 0 aliphatic rings. The van der Waals surface area contributed by atoms with Gasteiger partial charge >= 0.3 is 0 Å². The van der Waals surface area contributed by atoms with Gasteiger partial charge in [0, 0.05) is 11.1 Å². The number of ketones is 1. The molecule has 2 rings (SSSR count). The molecule has 2 aromatic rings. The van der Waals surface area contributed by atoms with Gasteiger partial charge < -0.3 is 0 Å². The minimum absolute atomic E-state index is 0.0208. The standard InChI is InChI=1S/C21H26O/c1-20(2,3)17-12-16(13-18(14-17)21(4,5)6)19(22)15-10-8-7-9-11-15/h7-14H,1-6H3. The molecular weight excluding hydrogens is 268 g/mol. The molecular formula is C21H26O. The molecule has 22 heavy (non-hydrogen) atoms. The molecule has 116 valence electrons. The Kier molecular flexibility index (Phi) is 4.28. The lowest BCUT2D eigenvalue weighted by molar-refractivity contribution is 0.103. The van der Waals surface area contributed by atoms with E-state index in [-0.39, 0.29) is 16.6 Å². The summed E-state index contributed by atoms with van der Waals surface area (Å²) in [6.45, 7) is 13.1. The molecule has 0 amide bonds. The SMILES string of the molecule is CC(C)(C)c1cc(C(=O)c2ccccc2)cc(C(C)(C)C)c1. The Morgan fingerprint density at radius 2 is 1.14 bits per heavy atom. The highest BCUT2D eigenvalue weighted by Gasteiger charge is 2.22. The van der Waals surface area contributed by atoms with Crippen molar-refractivity contribution in [3.63, 3.8) is 0 Å². The van der Waals surface area contributed by atoms with Crippen LogP contribution >= 0.6 is 0 Å². The molecule has 0 saturated carbocycles. The summed E-state index contributed by atoms with van der Waals surface area (Å²) in [5.74, 6) is 0.0946. The third kappa shape index (κ3) is 3.65. The lowest BCUT2D eigenvalue weighted by Gasteiger charge is -2.26. The second-order valence-electron chi connectivity index (χ2n) is 7.99. The quantitative estimate of drug-likeness (QED) is 0.667. The summed E-state index contributed by atoms with van der Waals surface area (Å²) in [7, 11) is 0. The molecule has 0 atom stereocenters. The van der Waals surface area contributed by atoms with Crippen molar-refractivity contribution < 1.29 is 4.79 Å². The van der Waals surface area contributed by atoms with Crippen molar-refractivity contribution in [1.82, 2.24) is 0 Å². The van der Waals surface area contributed by atoms with E-state index in [1.807, 2.05) is 42.5 Å².